The number of benzene rings is 1. The van der Waals surface area contributed by atoms with Crippen LogP contribution in [0.3, 0.4) is 0 Å². The lowest BCUT2D eigenvalue weighted by Crippen LogP contribution is -2.65. The molecule has 0 spiro atoms. The molecule has 21 nitrogen and oxygen atoms in total. The summed E-state index contributed by atoms with van der Waals surface area (Å²) < 4.78 is 47.5. The summed E-state index contributed by atoms with van der Waals surface area (Å²) in [6.07, 6.45) is -28.2. The molecule has 22 atom stereocenters. The van der Waals surface area contributed by atoms with Crippen LogP contribution in [0.1, 0.15) is 64.0 Å². The molecule has 0 bridgehead atoms. The second kappa shape index (κ2) is 21.0. The maximum atomic E-state index is 11.7. The first-order valence-corrected chi connectivity index (χ1v) is 21.2. The van der Waals surface area contributed by atoms with Crippen LogP contribution in [-0.2, 0) is 34.8 Å². The topological polar surface area (TPSA) is 337 Å². The summed E-state index contributed by atoms with van der Waals surface area (Å²) in [5, 5.41) is 139. The van der Waals surface area contributed by atoms with Gasteiger partial charge < -0.3 is 104 Å². The van der Waals surface area contributed by atoms with E-state index in [4.69, 9.17) is 37.9 Å². The summed E-state index contributed by atoms with van der Waals surface area (Å²) in [7, 11) is 0. The second-order valence-electron chi connectivity index (χ2n) is 17.0. The highest BCUT2D eigenvalue weighted by molar-refractivity contribution is 5.53. The van der Waals surface area contributed by atoms with E-state index in [9.17, 15) is 66.4 Å². The van der Waals surface area contributed by atoms with E-state index in [0.717, 1.165) is 18.4 Å². The number of hydrogen-bond donors (Lipinski definition) is 13. The molecule has 62 heavy (non-hydrogen) atoms. The van der Waals surface area contributed by atoms with Crippen molar-refractivity contribution in [3.63, 3.8) is 0 Å². The molecule has 4 aliphatic heterocycles. The molecule has 4 heterocycles. The Morgan fingerprint density at radius 1 is 0.565 bits per heavy atom. The van der Waals surface area contributed by atoms with E-state index >= 15 is 0 Å². The van der Waals surface area contributed by atoms with Gasteiger partial charge in [-0.05, 0) is 56.7 Å². The monoisotopic (exact) mass is 892 g/mol. The van der Waals surface area contributed by atoms with Gasteiger partial charge in [0.25, 0.3) is 0 Å². The fourth-order valence-corrected chi connectivity index (χ4v) is 8.66. The fraction of sp³-hybridized carbons (Fsp3) is 0.805. The number of allylic oxidation sites excluding steroid dienone is 2. The highest BCUT2D eigenvalue weighted by Gasteiger charge is 2.53. The van der Waals surface area contributed by atoms with Gasteiger partial charge in [0.1, 0.15) is 103 Å². The molecule has 0 radical (unpaired) electrons. The lowest BCUT2D eigenvalue weighted by Gasteiger charge is -2.46. The minimum Gasteiger partial charge on any atom is -0.462 e. The van der Waals surface area contributed by atoms with Crippen LogP contribution in [0.2, 0.25) is 0 Å². The van der Waals surface area contributed by atoms with E-state index in [1.165, 1.54) is 6.92 Å². The zero-order valence-corrected chi connectivity index (χ0v) is 35.0. The number of rotatable bonds is 14. The average molecular weight is 893 g/mol. The van der Waals surface area contributed by atoms with Crippen molar-refractivity contribution in [1.29, 1.82) is 0 Å². The summed E-state index contributed by atoms with van der Waals surface area (Å²) in [6, 6.07) is 3.41. The molecule has 1 unspecified atom stereocenters. The summed E-state index contributed by atoms with van der Waals surface area (Å²) in [4.78, 5) is 0. The van der Waals surface area contributed by atoms with Crippen molar-refractivity contribution in [3.05, 3.63) is 34.9 Å². The largest absolute Gasteiger partial charge is 0.462 e. The maximum Gasteiger partial charge on any atom is 0.229 e. The highest BCUT2D eigenvalue weighted by atomic mass is 16.8. The molecule has 0 aromatic heterocycles. The standard InChI is InChI=1S/C41H64O21/c1-5-6-18-10-20(56-40-34(53)36(28(47)23(13-43)59-40)61-38-32(51)30(49)26(45)17(4)55-38)25(19-9-15(2)7-8-16(19)3)21(11-18)57-41-35(54)37(29(48)24(14-44)60-41)62-39-33(52)31(50)27(46)22(12-42)58-39/h9-11,16-17,19,22-24,26-54H,5-8,12-14H2,1-4H3/t16?,17-,19-,22-,23-,24-,26-,27-,28-,29-,30+,31+,32-,33-,34-,35-,36+,37+,38+,39-,40-,41-/m1/s1. The van der Waals surface area contributed by atoms with Crippen LogP contribution in [0.4, 0.5) is 0 Å². The van der Waals surface area contributed by atoms with Crippen molar-refractivity contribution >= 4 is 0 Å². The normalized spacial score (nSPS) is 45.3. The van der Waals surface area contributed by atoms with Crippen molar-refractivity contribution in [3.8, 4) is 11.5 Å². The van der Waals surface area contributed by atoms with Crippen LogP contribution in [0, 0.1) is 5.92 Å². The van der Waals surface area contributed by atoms with E-state index in [1.54, 1.807) is 12.1 Å². The first kappa shape index (κ1) is 49.2. The third kappa shape index (κ3) is 10.1. The Morgan fingerprint density at radius 3 is 1.50 bits per heavy atom. The van der Waals surface area contributed by atoms with Crippen molar-refractivity contribution in [2.24, 2.45) is 5.92 Å². The van der Waals surface area contributed by atoms with Gasteiger partial charge >= 0.3 is 0 Å². The molecule has 1 aliphatic carbocycles. The van der Waals surface area contributed by atoms with Crippen LogP contribution >= 0.6 is 0 Å². The maximum absolute atomic E-state index is 11.7. The summed E-state index contributed by atoms with van der Waals surface area (Å²) >= 11 is 0. The minimum atomic E-state index is -1.89. The van der Waals surface area contributed by atoms with Crippen LogP contribution in [0.25, 0.3) is 0 Å². The van der Waals surface area contributed by atoms with Gasteiger partial charge in [0.05, 0.1) is 25.9 Å². The van der Waals surface area contributed by atoms with Crippen LogP contribution < -0.4 is 9.47 Å². The number of hydrogen-bond acceptors (Lipinski definition) is 21. The van der Waals surface area contributed by atoms with Gasteiger partial charge in [-0.2, -0.15) is 0 Å². The molecule has 6 rings (SSSR count). The lowest BCUT2D eigenvalue weighted by molar-refractivity contribution is -0.353. The SMILES string of the molecule is CCCc1cc(O[C@@H]2O[C@H](CO)[C@@H](O)[C@H](O[C@@H]3O[C@H](C)[C@@H](O)[C@H](O)[C@H]3O)[C@H]2O)c([C@@H]2C=C(C)CCC2C)c(O[C@@H]2O[C@H](CO)[C@@H](O)[C@H](O[C@H]3O[C@H](CO)[C@@H](O)[C@H](O)[C@H]3O)[C@H]2O)c1. The molecule has 4 saturated heterocycles. The van der Waals surface area contributed by atoms with Crippen molar-refractivity contribution in [2.45, 2.75) is 182 Å². The molecular weight excluding hydrogens is 828 g/mol. The van der Waals surface area contributed by atoms with Gasteiger partial charge in [0, 0.05) is 11.5 Å². The molecule has 21 heteroatoms. The molecule has 1 aromatic rings. The third-order valence-electron chi connectivity index (χ3n) is 12.5. The molecule has 1 aromatic carbocycles. The summed E-state index contributed by atoms with van der Waals surface area (Å²) in [6.45, 7) is 4.99. The number of aliphatic hydroxyl groups is 13. The van der Waals surface area contributed by atoms with Gasteiger partial charge in [-0.1, -0.05) is 31.9 Å². The zero-order chi connectivity index (χ0) is 45.3. The summed E-state index contributed by atoms with van der Waals surface area (Å²) in [5.41, 5.74) is 2.06. The van der Waals surface area contributed by atoms with E-state index in [-0.39, 0.29) is 17.4 Å². The predicted molar refractivity (Wildman–Crippen MR) is 208 cm³/mol. The zero-order valence-electron chi connectivity index (χ0n) is 35.0. The Hall–Kier alpha value is -2.20. The van der Waals surface area contributed by atoms with Crippen LogP contribution in [0.5, 0.6) is 11.5 Å². The van der Waals surface area contributed by atoms with Crippen LogP contribution in [-0.4, -0.2) is 209 Å². The Morgan fingerprint density at radius 2 is 1.02 bits per heavy atom. The molecule has 13 N–H and O–H groups in total. The van der Waals surface area contributed by atoms with Gasteiger partial charge in [-0.15, -0.1) is 0 Å². The number of aryl methyl sites for hydroxylation is 1. The van der Waals surface area contributed by atoms with Gasteiger partial charge in [-0.3, -0.25) is 0 Å². The molecule has 5 aliphatic rings. The Kier molecular flexibility index (Phi) is 16.6. The van der Waals surface area contributed by atoms with E-state index in [0.29, 0.717) is 24.0 Å². The third-order valence-corrected chi connectivity index (χ3v) is 12.5. The van der Waals surface area contributed by atoms with Crippen molar-refractivity contribution in [1.82, 2.24) is 0 Å². The van der Waals surface area contributed by atoms with E-state index in [2.05, 4.69) is 0 Å². The van der Waals surface area contributed by atoms with Gasteiger partial charge in [0.15, 0.2) is 12.6 Å². The Bertz CT molecular complexity index is 1630. The van der Waals surface area contributed by atoms with Gasteiger partial charge in [0.2, 0.25) is 12.6 Å². The smallest absolute Gasteiger partial charge is 0.229 e. The van der Waals surface area contributed by atoms with Crippen LogP contribution in [0.15, 0.2) is 23.8 Å². The minimum absolute atomic E-state index is 0.0547. The average Bonchev–Trinajstić information content (AvgIpc) is 3.24. The fourth-order valence-electron chi connectivity index (χ4n) is 8.66. The van der Waals surface area contributed by atoms with Crippen molar-refractivity contribution in [2.75, 3.05) is 19.8 Å². The Labute approximate surface area is 358 Å². The molecule has 0 amide bonds. The first-order valence-electron chi connectivity index (χ1n) is 21.2. The number of ether oxygens (including phenoxy) is 8. The van der Waals surface area contributed by atoms with Crippen molar-refractivity contribution < 1.29 is 104 Å². The Balaban J connectivity index is 1.36. The molecular formula is C41H64O21. The summed E-state index contributed by atoms with van der Waals surface area (Å²) in [5.74, 6) is -0.280. The first-order chi connectivity index (χ1) is 29.4. The number of aliphatic hydroxyl groups excluding tert-OH is 13. The second-order valence-corrected chi connectivity index (χ2v) is 17.0. The highest BCUT2D eigenvalue weighted by Crippen LogP contribution is 2.47. The predicted octanol–water partition coefficient (Wildman–Crippen LogP) is -3.87. The van der Waals surface area contributed by atoms with Gasteiger partial charge in [-0.25, -0.2) is 0 Å². The quantitative estimate of drug-likeness (QED) is 0.0795. The van der Waals surface area contributed by atoms with E-state index < -0.39 is 149 Å². The molecule has 354 valence electrons. The lowest BCUT2D eigenvalue weighted by atomic mass is 9.77. The van der Waals surface area contributed by atoms with E-state index in [1.807, 2.05) is 26.8 Å². The molecule has 0 saturated carbocycles. The molecule has 4 fully saturated rings.